The molecule has 0 aromatic carbocycles. The number of pyridine rings is 2. The standard InChI is InChI=1S/C15H9F6N3O/c16-10-2-1-4-24(25)13(10)11-6-9-3-5-23(12(9)7-22-11)8-14(17,18)15(19,20)21/h1-7H,8H2. The zero-order valence-electron chi connectivity index (χ0n) is 12.3. The van der Waals surface area contributed by atoms with Crippen LogP contribution in [0.25, 0.3) is 22.3 Å². The molecular formula is C15H9F6N3O. The molecule has 0 aliphatic rings. The molecule has 0 radical (unpaired) electrons. The average molecular weight is 361 g/mol. The van der Waals surface area contributed by atoms with Crippen molar-refractivity contribution in [3.8, 4) is 11.4 Å². The summed E-state index contributed by atoms with van der Waals surface area (Å²) in [6.07, 6.45) is -2.57. The van der Waals surface area contributed by atoms with E-state index in [1.54, 1.807) is 0 Å². The van der Waals surface area contributed by atoms with Crippen molar-refractivity contribution in [2.24, 2.45) is 0 Å². The highest BCUT2D eigenvalue weighted by Gasteiger charge is 2.57. The lowest BCUT2D eigenvalue weighted by atomic mass is 10.2. The minimum atomic E-state index is -5.68. The summed E-state index contributed by atoms with van der Waals surface area (Å²) in [6.45, 7) is -1.61. The normalized spacial score (nSPS) is 12.7. The summed E-state index contributed by atoms with van der Waals surface area (Å²) in [4.78, 5) is 3.82. The second-order valence-corrected chi connectivity index (χ2v) is 5.30. The first-order valence-corrected chi connectivity index (χ1v) is 6.88. The molecule has 3 aromatic rings. The molecule has 0 atom stereocenters. The predicted molar refractivity (Wildman–Crippen MR) is 75.1 cm³/mol. The third-order valence-corrected chi connectivity index (χ3v) is 3.59. The van der Waals surface area contributed by atoms with Crippen LogP contribution in [-0.4, -0.2) is 21.6 Å². The Morgan fingerprint density at radius 2 is 1.88 bits per heavy atom. The van der Waals surface area contributed by atoms with Crippen molar-refractivity contribution in [1.29, 1.82) is 0 Å². The molecule has 0 aliphatic heterocycles. The fraction of sp³-hybridized carbons (Fsp3) is 0.200. The third-order valence-electron chi connectivity index (χ3n) is 3.59. The van der Waals surface area contributed by atoms with Gasteiger partial charge in [-0.05, 0) is 18.2 Å². The van der Waals surface area contributed by atoms with Gasteiger partial charge in [-0.25, -0.2) is 4.98 Å². The van der Waals surface area contributed by atoms with Crippen LogP contribution in [0.5, 0.6) is 0 Å². The lowest BCUT2D eigenvalue weighted by molar-refractivity contribution is -0.595. The topological polar surface area (TPSA) is 44.8 Å². The molecule has 3 rings (SSSR count). The first-order valence-electron chi connectivity index (χ1n) is 6.88. The number of rotatable bonds is 3. The van der Waals surface area contributed by atoms with Gasteiger partial charge in [0.15, 0.2) is 12.0 Å². The van der Waals surface area contributed by atoms with E-state index in [1.165, 1.54) is 18.2 Å². The zero-order chi connectivity index (χ0) is 18.4. The van der Waals surface area contributed by atoms with Crippen LogP contribution >= 0.6 is 0 Å². The summed E-state index contributed by atoms with van der Waals surface area (Å²) < 4.78 is 78.2. The Balaban J connectivity index is 2.03. The van der Waals surface area contributed by atoms with Crippen LogP contribution in [-0.2, 0) is 6.54 Å². The maximum absolute atomic E-state index is 13.8. The number of nitrogens with zero attached hydrogens (tertiary/aromatic N) is 3. The molecule has 3 aromatic heterocycles. The SMILES string of the molecule is [O-][n+]1cccc(F)c1-c1cc2ccn(CC(F)(F)C(F)(F)F)c2cn1. The Morgan fingerprint density at radius 1 is 1.16 bits per heavy atom. The predicted octanol–water partition coefficient (Wildman–Crippen LogP) is 3.67. The van der Waals surface area contributed by atoms with Gasteiger partial charge in [-0.1, -0.05) is 0 Å². The monoisotopic (exact) mass is 361 g/mol. The van der Waals surface area contributed by atoms with Crippen molar-refractivity contribution in [1.82, 2.24) is 9.55 Å². The van der Waals surface area contributed by atoms with E-state index in [9.17, 15) is 31.5 Å². The van der Waals surface area contributed by atoms with Crippen LogP contribution in [0.4, 0.5) is 26.3 Å². The van der Waals surface area contributed by atoms with Gasteiger partial charge in [-0.3, -0.25) is 0 Å². The second-order valence-electron chi connectivity index (χ2n) is 5.30. The minimum Gasteiger partial charge on any atom is -0.618 e. The van der Waals surface area contributed by atoms with E-state index in [2.05, 4.69) is 4.98 Å². The number of fused-ring (bicyclic) bond motifs is 1. The highest BCUT2D eigenvalue weighted by Crippen LogP contribution is 2.37. The highest BCUT2D eigenvalue weighted by molar-refractivity contribution is 5.82. The second kappa shape index (κ2) is 5.64. The number of aromatic nitrogens is 3. The molecule has 10 heteroatoms. The Bertz CT molecular complexity index is 914. The Hall–Kier alpha value is -2.78. The molecule has 0 unspecified atom stereocenters. The quantitative estimate of drug-likeness (QED) is 0.406. The van der Waals surface area contributed by atoms with Gasteiger partial charge in [0.2, 0.25) is 0 Å². The van der Waals surface area contributed by atoms with Crippen LogP contribution in [0.3, 0.4) is 0 Å². The molecule has 0 saturated carbocycles. The molecule has 132 valence electrons. The fourth-order valence-corrected chi connectivity index (χ4v) is 2.36. The minimum absolute atomic E-state index is 0.00135. The lowest BCUT2D eigenvalue weighted by Crippen LogP contribution is -2.40. The lowest BCUT2D eigenvalue weighted by Gasteiger charge is -2.20. The summed E-state index contributed by atoms with van der Waals surface area (Å²) in [5.41, 5.74) is -0.444. The van der Waals surface area contributed by atoms with Gasteiger partial charge in [0.25, 0.3) is 5.69 Å². The zero-order valence-corrected chi connectivity index (χ0v) is 12.3. The van der Waals surface area contributed by atoms with E-state index in [-0.39, 0.29) is 27.0 Å². The molecule has 0 bridgehead atoms. The van der Waals surface area contributed by atoms with E-state index in [0.717, 1.165) is 24.7 Å². The van der Waals surface area contributed by atoms with Gasteiger partial charge < -0.3 is 9.77 Å². The van der Waals surface area contributed by atoms with Crippen molar-refractivity contribution < 1.29 is 31.1 Å². The largest absolute Gasteiger partial charge is 0.618 e. The van der Waals surface area contributed by atoms with Crippen molar-refractivity contribution in [3.63, 3.8) is 0 Å². The van der Waals surface area contributed by atoms with Gasteiger partial charge in [-0.15, -0.1) is 0 Å². The molecule has 0 aliphatic carbocycles. The van der Waals surface area contributed by atoms with Gasteiger partial charge in [0.1, 0.15) is 5.69 Å². The van der Waals surface area contributed by atoms with Crippen molar-refractivity contribution >= 4 is 10.9 Å². The summed E-state index contributed by atoms with van der Waals surface area (Å²) in [5.74, 6) is -5.76. The summed E-state index contributed by atoms with van der Waals surface area (Å²) in [7, 11) is 0. The molecule has 4 nitrogen and oxygen atoms in total. The van der Waals surface area contributed by atoms with Gasteiger partial charge in [0, 0.05) is 17.6 Å². The Labute approximate surface area is 136 Å². The van der Waals surface area contributed by atoms with Crippen molar-refractivity contribution in [3.05, 3.63) is 53.9 Å². The molecule has 0 N–H and O–H groups in total. The third kappa shape index (κ3) is 2.99. The smallest absolute Gasteiger partial charge is 0.455 e. The summed E-state index contributed by atoms with van der Waals surface area (Å²) in [5, 5.41) is 11.9. The molecule has 0 spiro atoms. The maximum atomic E-state index is 13.8. The first-order chi connectivity index (χ1) is 11.6. The van der Waals surface area contributed by atoms with Crippen LogP contribution < -0.4 is 4.73 Å². The van der Waals surface area contributed by atoms with Gasteiger partial charge >= 0.3 is 12.1 Å². The number of hydrogen-bond donors (Lipinski definition) is 0. The number of halogens is 6. The average Bonchev–Trinajstić information content (AvgIpc) is 2.88. The number of alkyl halides is 5. The maximum Gasteiger partial charge on any atom is 0.455 e. The van der Waals surface area contributed by atoms with Crippen LogP contribution in [0.1, 0.15) is 0 Å². The molecule has 0 fully saturated rings. The molecular weight excluding hydrogens is 352 g/mol. The van der Waals surface area contributed by atoms with E-state index in [0.29, 0.717) is 4.57 Å². The van der Waals surface area contributed by atoms with Crippen molar-refractivity contribution in [2.45, 2.75) is 18.6 Å². The highest BCUT2D eigenvalue weighted by atomic mass is 19.4. The number of hydrogen-bond acceptors (Lipinski definition) is 2. The first kappa shape index (κ1) is 17.1. The molecule has 25 heavy (non-hydrogen) atoms. The van der Waals surface area contributed by atoms with Crippen molar-refractivity contribution in [2.75, 3.05) is 0 Å². The van der Waals surface area contributed by atoms with Crippen LogP contribution in [0.2, 0.25) is 0 Å². The Kier molecular flexibility index (Phi) is 3.85. The van der Waals surface area contributed by atoms with Gasteiger partial charge in [-0.2, -0.15) is 31.1 Å². The summed E-state index contributed by atoms with van der Waals surface area (Å²) >= 11 is 0. The molecule has 3 heterocycles. The Morgan fingerprint density at radius 3 is 2.52 bits per heavy atom. The van der Waals surface area contributed by atoms with E-state index < -0.39 is 24.5 Å². The van der Waals surface area contributed by atoms with E-state index in [1.807, 2.05) is 0 Å². The molecule has 0 saturated heterocycles. The fourth-order valence-electron chi connectivity index (χ4n) is 2.36. The van der Waals surface area contributed by atoms with Gasteiger partial charge in [0.05, 0.1) is 18.3 Å². The van der Waals surface area contributed by atoms with E-state index >= 15 is 0 Å². The van der Waals surface area contributed by atoms with E-state index in [4.69, 9.17) is 0 Å². The molecule has 0 amide bonds. The summed E-state index contributed by atoms with van der Waals surface area (Å²) in [6, 6.07) is 4.76. The van der Waals surface area contributed by atoms with Crippen LogP contribution in [0, 0.1) is 11.0 Å². The van der Waals surface area contributed by atoms with Crippen LogP contribution in [0.15, 0.2) is 42.9 Å².